The van der Waals surface area contributed by atoms with Crippen molar-refractivity contribution in [3.8, 4) is 5.75 Å². The molecule has 0 saturated carbocycles. The van der Waals surface area contributed by atoms with Crippen molar-refractivity contribution in [3.05, 3.63) is 40.5 Å². The van der Waals surface area contributed by atoms with Crippen molar-refractivity contribution in [2.45, 2.75) is 13.8 Å². The van der Waals surface area contributed by atoms with Gasteiger partial charge < -0.3 is 14.8 Å². The Morgan fingerprint density at radius 2 is 2.12 bits per heavy atom. The third-order valence-electron chi connectivity index (χ3n) is 3.19. The summed E-state index contributed by atoms with van der Waals surface area (Å²) in [6.45, 7) is 3.57. The summed E-state index contributed by atoms with van der Waals surface area (Å²) in [7, 11) is 1.61. The lowest BCUT2D eigenvalue weighted by molar-refractivity contribution is -0.118. The fourth-order valence-electron chi connectivity index (χ4n) is 1.97. The molecule has 128 valence electrons. The van der Waals surface area contributed by atoms with Gasteiger partial charge in [-0.15, -0.1) is 0 Å². The quantitative estimate of drug-likeness (QED) is 0.809. The molecule has 1 aromatic carbocycles. The maximum absolute atomic E-state index is 12.1. The predicted molar refractivity (Wildman–Crippen MR) is 89.5 cm³/mol. The van der Waals surface area contributed by atoms with Crippen LogP contribution < -0.4 is 10.1 Å². The van der Waals surface area contributed by atoms with Crippen molar-refractivity contribution >= 4 is 29.3 Å². The number of hydrogen-bond donors (Lipinski definition) is 1. The molecular formula is C16H18ClN3O4. The molecule has 2 aromatic rings. The van der Waals surface area contributed by atoms with Crippen molar-refractivity contribution in [1.82, 2.24) is 9.78 Å². The van der Waals surface area contributed by atoms with Crippen molar-refractivity contribution in [3.63, 3.8) is 0 Å². The first kappa shape index (κ1) is 17.8. The SMILES string of the molecule is CCOC(=O)c1cnn(C)c1NC(=O)COc1ccc(Cl)c(C)c1. The minimum absolute atomic E-state index is 0.190. The highest BCUT2D eigenvalue weighted by molar-refractivity contribution is 6.31. The van der Waals surface area contributed by atoms with E-state index in [4.69, 9.17) is 21.1 Å². The number of aryl methyl sites for hydroxylation is 2. The van der Waals surface area contributed by atoms with E-state index in [0.29, 0.717) is 10.8 Å². The Hall–Kier alpha value is -2.54. The molecule has 8 heteroatoms. The minimum atomic E-state index is -0.546. The summed E-state index contributed by atoms with van der Waals surface area (Å²) in [5.41, 5.74) is 1.04. The number of esters is 1. The number of amides is 1. The second-order valence-corrected chi connectivity index (χ2v) is 5.41. The van der Waals surface area contributed by atoms with Gasteiger partial charge in [-0.25, -0.2) is 4.79 Å². The van der Waals surface area contributed by atoms with Crippen LogP contribution >= 0.6 is 11.6 Å². The van der Waals surface area contributed by atoms with E-state index in [1.54, 1.807) is 32.2 Å². The smallest absolute Gasteiger partial charge is 0.343 e. The van der Waals surface area contributed by atoms with Crippen LogP contribution in [0, 0.1) is 6.92 Å². The monoisotopic (exact) mass is 351 g/mol. The van der Waals surface area contributed by atoms with Gasteiger partial charge in [0, 0.05) is 12.1 Å². The molecule has 0 aliphatic rings. The standard InChI is InChI=1S/C16H18ClN3O4/c1-4-23-16(22)12-8-18-20(3)15(12)19-14(21)9-24-11-5-6-13(17)10(2)7-11/h5-8H,4,9H2,1-3H3,(H,19,21). The van der Waals surface area contributed by atoms with Crippen molar-refractivity contribution < 1.29 is 19.1 Å². The van der Waals surface area contributed by atoms with Gasteiger partial charge in [0.2, 0.25) is 0 Å². The number of carbonyl (C=O) groups excluding carboxylic acids is 2. The van der Waals surface area contributed by atoms with Crippen LogP contribution in [0.3, 0.4) is 0 Å². The summed E-state index contributed by atoms with van der Waals surface area (Å²) < 4.78 is 11.7. The van der Waals surface area contributed by atoms with Crippen molar-refractivity contribution in [2.75, 3.05) is 18.5 Å². The molecule has 24 heavy (non-hydrogen) atoms. The third-order valence-corrected chi connectivity index (χ3v) is 3.62. The summed E-state index contributed by atoms with van der Waals surface area (Å²) in [6, 6.07) is 5.12. The second kappa shape index (κ2) is 7.83. The van der Waals surface area contributed by atoms with E-state index in [9.17, 15) is 9.59 Å². The second-order valence-electron chi connectivity index (χ2n) is 5.00. The highest BCUT2D eigenvalue weighted by Crippen LogP contribution is 2.21. The molecule has 1 N–H and O–H groups in total. The molecule has 0 atom stereocenters. The van der Waals surface area contributed by atoms with Crippen LogP contribution in [-0.4, -0.2) is 34.9 Å². The Balaban J connectivity index is 2.01. The molecule has 0 aliphatic carbocycles. The molecular weight excluding hydrogens is 334 g/mol. The summed E-state index contributed by atoms with van der Waals surface area (Å²) >= 11 is 5.94. The molecule has 0 saturated heterocycles. The third kappa shape index (κ3) is 4.26. The Bertz CT molecular complexity index is 758. The summed E-state index contributed by atoms with van der Waals surface area (Å²) in [5.74, 6) is -0.177. The van der Waals surface area contributed by atoms with Crippen molar-refractivity contribution in [1.29, 1.82) is 0 Å². The van der Waals surface area contributed by atoms with E-state index in [1.807, 2.05) is 6.92 Å². The van der Waals surface area contributed by atoms with E-state index in [-0.39, 0.29) is 24.6 Å². The zero-order valence-electron chi connectivity index (χ0n) is 13.6. The molecule has 1 amide bonds. The molecule has 7 nitrogen and oxygen atoms in total. The molecule has 0 fully saturated rings. The first-order chi connectivity index (χ1) is 11.4. The van der Waals surface area contributed by atoms with E-state index >= 15 is 0 Å². The van der Waals surface area contributed by atoms with E-state index < -0.39 is 11.9 Å². The number of hydrogen-bond acceptors (Lipinski definition) is 5. The maximum Gasteiger partial charge on any atom is 0.343 e. The molecule has 0 radical (unpaired) electrons. The lowest BCUT2D eigenvalue weighted by atomic mass is 10.2. The summed E-state index contributed by atoms with van der Waals surface area (Å²) in [6.07, 6.45) is 1.34. The van der Waals surface area contributed by atoms with E-state index in [0.717, 1.165) is 5.56 Å². The summed E-state index contributed by atoms with van der Waals surface area (Å²) in [4.78, 5) is 23.9. The van der Waals surface area contributed by atoms with Crippen LogP contribution in [0.5, 0.6) is 5.75 Å². The fourth-order valence-corrected chi connectivity index (χ4v) is 2.09. The zero-order chi connectivity index (χ0) is 17.7. The van der Waals surface area contributed by atoms with Crippen LogP contribution in [0.1, 0.15) is 22.8 Å². The number of anilines is 1. The van der Waals surface area contributed by atoms with Crippen molar-refractivity contribution in [2.24, 2.45) is 7.05 Å². The molecule has 2 rings (SSSR count). The average molecular weight is 352 g/mol. The Labute approximate surface area is 144 Å². The van der Waals surface area contributed by atoms with Gasteiger partial charge in [-0.2, -0.15) is 5.10 Å². The minimum Gasteiger partial charge on any atom is -0.484 e. The number of nitrogens with one attached hydrogen (secondary N) is 1. The number of rotatable bonds is 6. The van der Waals surface area contributed by atoms with Crippen LogP contribution in [0.2, 0.25) is 5.02 Å². The number of aromatic nitrogens is 2. The average Bonchev–Trinajstić information content (AvgIpc) is 2.90. The van der Waals surface area contributed by atoms with Gasteiger partial charge in [0.1, 0.15) is 17.1 Å². The number of carbonyl (C=O) groups is 2. The highest BCUT2D eigenvalue weighted by atomic mass is 35.5. The number of benzene rings is 1. The van der Waals surface area contributed by atoms with Gasteiger partial charge in [-0.3, -0.25) is 9.48 Å². The lowest BCUT2D eigenvalue weighted by Crippen LogP contribution is -2.23. The van der Waals surface area contributed by atoms with Crippen LogP contribution in [0.4, 0.5) is 5.82 Å². The van der Waals surface area contributed by atoms with Gasteiger partial charge in [-0.1, -0.05) is 11.6 Å². The van der Waals surface area contributed by atoms with Gasteiger partial charge in [0.05, 0.1) is 12.8 Å². The largest absolute Gasteiger partial charge is 0.484 e. The number of ether oxygens (including phenoxy) is 2. The fraction of sp³-hybridized carbons (Fsp3) is 0.312. The number of nitrogens with zero attached hydrogens (tertiary/aromatic N) is 2. The Kier molecular flexibility index (Phi) is 5.81. The molecule has 0 aliphatic heterocycles. The Morgan fingerprint density at radius 1 is 1.38 bits per heavy atom. The van der Waals surface area contributed by atoms with E-state index in [2.05, 4.69) is 10.4 Å². The van der Waals surface area contributed by atoms with Crippen LogP contribution in [0.15, 0.2) is 24.4 Å². The number of halogens is 1. The molecule has 0 bridgehead atoms. The normalized spacial score (nSPS) is 10.3. The van der Waals surface area contributed by atoms with E-state index in [1.165, 1.54) is 10.9 Å². The topological polar surface area (TPSA) is 82.5 Å². The van der Waals surface area contributed by atoms with Crippen LogP contribution in [0.25, 0.3) is 0 Å². The molecule has 1 aromatic heterocycles. The Morgan fingerprint density at radius 3 is 2.79 bits per heavy atom. The lowest BCUT2D eigenvalue weighted by Gasteiger charge is -2.10. The molecule has 0 spiro atoms. The molecule has 1 heterocycles. The summed E-state index contributed by atoms with van der Waals surface area (Å²) in [5, 5.41) is 7.19. The van der Waals surface area contributed by atoms with Gasteiger partial charge in [0.25, 0.3) is 5.91 Å². The zero-order valence-corrected chi connectivity index (χ0v) is 14.4. The van der Waals surface area contributed by atoms with Gasteiger partial charge in [0.15, 0.2) is 6.61 Å². The maximum atomic E-state index is 12.1. The predicted octanol–water partition coefficient (Wildman–Crippen LogP) is 2.58. The molecule has 0 unspecified atom stereocenters. The first-order valence-corrected chi connectivity index (χ1v) is 7.68. The highest BCUT2D eigenvalue weighted by Gasteiger charge is 2.19. The first-order valence-electron chi connectivity index (χ1n) is 7.30. The van der Waals surface area contributed by atoms with Crippen LogP contribution in [-0.2, 0) is 16.6 Å². The van der Waals surface area contributed by atoms with Gasteiger partial charge in [-0.05, 0) is 37.6 Å². The van der Waals surface area contributed by atoms with Gasteiger partial charge >= 0.3 is 5.97 Å².